The molecular weight excluding hydrogens is 452 g/mol. The zero-order valence-electron chi connectivity index (χ0n) is 20.3. The van der Waals surface area contributed by atoms with Gasteiger partial charge in [0.05, 0.1) is 42.4 Å². The molecule has 0 aliphatic heterocycles. The number of rotatable bonds is 10. The Kier molecular flexibility index (Phi) is 8.77. The number of pyridine rings is 1. The first-order valence-electron chi connectivity index (χ1n) is 11.4. The number of anilines is 2. The summed E-state index contributed by atoms with van der Waals surface area (Å²) < 4.78 is 16.1. The van der Waals surface area contributed by atoms with Gasteiger partial charge in [0.25, 0.3) is 0 Å². The number of methoxy groups -OCH3 is 2. The molecule has 1 unspecified atom stereocenters. The average Bonchev–Trinajstić information content (AvgIpc) is 2.85. The van der Waals surface area contributed by atoms with E-state index in [2.05, 4.69) is 30.2 Å². The highest BCUT2D eigenvalue weighted by atomic mass is 35.5. The van der Waals surface area contributed by atoms with E-state index in [0.29, 0.717) is 39.6 Å². The quantitative estimate of drug-likeness (QED) is 0.299. The third-order valence-electron chi connectivity index (χ3n) is 5.76. The van der Waals surface area contributed by atoms with Gasteiger partial charge in [0, 0.05) is 6.07 Å². The molecule has 7 heteroatoms. The van der Waals surface area contributed by atoms with Crippen LogP contribution in [0.1, 0.15) is 60.5 Å². The van der Waals surface area contributed by atoms with Crippen LogP contribution in [-0.4, -0.2) is 25.2 Å². The van der Waals surface area contributed by atoms with Crippen molar-refractivity contribution in [3.8, 4) is 17.4 Å². The maximum absolute atomic E-state index is 12.2. The molecule has 1 N–H and O–H groups in total. The summed E-state index contributed by atoms with van der Waals surface area (Å²) in [6.07, 6.45) is 5.00. The van der Waals surface area contributed by atoms with Gasteiger partial charge in [0.1, 0.15) is 11.5 Å². The molecule has 6 nitrogen and oxygen atoms in total. The summed E-state index contributed by atoms with van der Waals surface area (Å²) in [5, 5.41) is 3.81. The number of hydrogen-bond donors (Lipinski definition) is 1. The van der Waals surface area contributed by atoms with Gasteiger partial charge in [-0.05, 0) is 67.1 Å². The number of aromatic nitrogens is 1. The van der Waals surface area contributed by atoms with Crippen LogP contribution in [0.5, 0.6) is 17.4 Å². The third kappa shape index (κ3) is 6.00. The lowest BCUT2D eigenvalue weighted by atomic mass is 9.92. The molecule has 0 aliphatic carbocycles. The maximum atomic E-state index is 12.2. The van der Waals surface area contributed by atoms with Crippen LogP contribution < -0.4 is 14.8 Å². The van der Waals surface area contributed by atoms with Crippen LogP contribution in [0.2, 0.25) is 5.02 Å². The van der Waals surface area contributed by atoms with E-state index in [1.54, 1.807) is 31.5 Å². The Bertz CT molecular complexity index is 1150. The summed E-state index contributed by atoms with van der Waals surface area (Å²) in [6, 6.07) is 12.9. The number of esters is 1. The number of halogens is 1. The fraction of sp³-hybridized carbons (Fsp3) is 0.333. The van der Waals surface area contributed by atoms with Gasteiger partial charge in [-0.25, -0.2) is 9.78 Å². The molecule has 0 saturated carbocycles. The molecule has 0 bridgehead atoms. The van der Waals surface area contributed by atoms with Crippen molar-refractivity contribution in [1.82, 2.24) is 4.98 Å². The number of aryl methyl sites for hydroxylation is 1. The standard InChI is InChI=1S/C27H31ClN2O4/c1-6-8-18(7-2)19-9-12-25(22(28)14-19)34-26-13-17(3)24(16-29-26)30-23-11-10-20(32-4)15-21(23)27(31)33-5/h9-16,18,30H,6-8H2,1-5H3. The second-order valence-corrected chi connectivity index (χ2v) is 8.46. The van der Waals surface area contributed by atoms with E-state index in [4.69, 9.17) is 25.8 Å². The number of hydrogen-bond acceptors (Lipinski definition) is 6. The summed E-state index contributed by atoms with van der Waals surface area (Å²) >= 11 is 6.53. The van der Waals surface area contributed by atoms with E-state index >= 15 is 0 Å². The molecule has 1 aromatic heterocycles. The van der Waals surface area contributed by atoms with Crippen LogP contribution in [0, 0.1) is 6.92 Å². The van der Waals surface area contributed by atoms with Gasteiger partial charge in [-0.2, -0.15) is 0 Å². The van der Waals surface area contributed by atoms with Crippen molar-refractivity contribution in [3.63, 3.8) is 0 Å². The Balaban J connectivity index is 1.79. The van der Waals surface area contributed by atoms with Crippen LogP contribution in [0.25, 0.3) is 0 Å². The Morgan fingerprint density at radius 3 is 2.50 bits per heavy atom. The summed E-state index contributed by atoms with van der Waals surface area (Å²) in [5.74, 6) is 1.59. The lowest BCUT2D eigenvalue weighted by molar-refractivity contribution is 0.0601. The fourth-order valence-electron chi connectivity index (χ4n) is 3.82. The zero-order valence-corrected chi connectivity index (χ0v) is 21.0. The molecule has 0 aliphatic rings. The molecular formula is C27H31ClN2O4. The van der Waals surface area contributed by atoms with Crippen molar-refractivity contribution in [2.24, 2.45) is 0 Å². The lowest BCUT2D eigenvalue weighted by Crippen LogP contribution is -2.07. The maximum Gasteiger partial charge on any atom is 0.340 e. The van der Waals surface area contributed by atoms with Crippen LogP contribution >= 0.6 is 11.6 Å². The van der Waals surface area contributed by atoms with Crippen LogP contribution in [0.3, 0.4) is 0 Å². The monoisotopic (exact) mass is 482 g/mol. The van der Waals surface area contributed by atoms with Crippen molar-refractivity contribution in [2.45, 2.75) is 46.0 Å². The van der Waals surface area contributed by atoms with Crippen LogP contribution in [-0.2, 0) is 4.74 Å². The highest BCUT2D eigenvalue weighted by Gasteiger charge is 2.16. The van der Waals surface area contributed by atoms with Crippen molar-refractivity contribution < 1.29 is 19.0 Å². The van der Waals surface area contributed by atoms with E-state index in [1.165, 1.54) is 12.7 Å². The zero-order chi connectivity index (χ0) is 24.7. The van der Waals surface area contributed by atoms with Gasteiger partial charge < -0.3 is 19.5 Å². The molecule has 0 fully saturated rings. The van der Waals surface area contributed by atoms with E-state index < -0.39 is 5.97 Å². The average molecular weight is 483 g/mol. The Morgan fingerprint density at radius 1 is 1.09 bits per heavy atom. The molecule has 0 amide bonds. The minimum Gasteiger partial charge on any atom is -0.497 e. The predicted molar refractivity (Wildman–Crippen MR) is 136 cm³/mol. The number of ether oxygens (including phenoxy) is 3. The summed E-state index contributed by atoms with van der Waals surface area (Å²) in [4.78, 5) is 16.6. The first-order chi connectivity index (χ1) is 16.4. The minimum atomic E-state index is -0.464. The smallest absolute Gasteiger partial charge is 0.340 e. The van der Waals surface area contributed by atoms with E-state index in [1.807, 2.05) is 25.1 Å². The first-order valence-corrected chi connectivity index (χ1v) is 11.7. The largest absolute Gasteiger partial charge is 0.497 e. The summed E-state index contributed by atoms with van der Waals surface area (Å²) in [6.45, 7) is 6.32. The SMILES string of the molecule is CCCC(CC)c1ccc(Oc2cc(C)c(Nc3ccc(OC)cc3C(=O)OC)cn2)c(Cl)c1. The van der Waals surface area contributed by atoms with E-state index in [9.17, 15) is 4.79 Å². The number of nitrogens with one attached hydrogen (secondary N) is 1. The Morgan fingerprint density at radius 2 is 1.88 bits per heavy atom. The van der Waals surface area contributed by atoms with Crippen LogP contribution in [0.4, 0.5) is 11.4 Å². The van der Waals surface area contributed by atoms with Gasteiger partial charge in [0.2, 0.25) is 5.88 Å². The molecule has 2 aromatic carbocycles. The second kappa shape index (κ2) is 11.7. The van der Waals surface area contributed by atoms with Gasteiger partial charge in [-0.15, -0.1) is 0 Å². The molecule has 0 spiro atoms. The van der Waals surface area contributed by atoms with Crippen molar-refractivity contribution >= 4 is 28.9 Å². The highest BCUT2D eigenvalue weighted by molar-refractivity contribution is 6.32. The number of nitrogens with zero attached hydrogens (tertiary/aromatic N) is 1. The van der Waals surface area contributed by atoms with E-state index in [0.717, 1.165) is 30.5 Å². The topological polar surface area (TPSA) is 69.7 Å². The third-order valence-corrected chi connectivity index (χ3v) is 6.05. The number of benzene rings is 2. The fourth-order valence-corrected chi connectivity index (χ4v) is 4.05. The Hall–Kier alpha value is -3.25. The normalized spacial score (nSPS) is 11.6. The Labute approximate surface area is 206 Å². The highest BCUT2D eigenvalue weighted by Crippen LogP contribution is 2.35. The number of carbonyl (C=O) groups is 1. The summed E-state index contributed by atoms with van der Waals surface area (Å²) in [5.41, 5.74) is 3.79. The lowest BCUT2D eigenvalue weighted by Gasteiger charge is -2.16. The van der Waals surface area contributed by atoms with Crippen molar-refractivity contribution in [3.05, 3.63) is 70.4 Å². The molecule has 0 radical (unpaired) electrons. The van der Waals surface area contributed by atoms with Crippen molar-refractivity contribution in [1.29, 1.82) is 0 Å². The molecule has 3 aromatic rings. The van der Waals surface area contributed by atoms with Gasteiger partial charge in [-0.1, -0.05) is 37.9 Å². The van der Waals surface area contributed by atoms with Crippen LogP contribution in [0.15, 0.2) is 48.7 Å². The molecule has 1 heterocycles. The molecule has 0 saturated heterocycles. The second-order valence-electron chi connectivity index (χ2n) is 8.05. The van der Waals surface area contributed by atoms with Gasteiger partial charge in [-0.3, -0.25) is 0 Å². The number of carbonyl (C=O) groups excluding carboxylic acids is 1. The first kappa shape index (κ1) is 25.4. The van der Waals surface area contributed by atoms with Gasteiger partial charge >= 0.3 is 5.97 Å². The van der Waals surface area contributed by atoms with Crippen molar-refractivity contribution in [2.75, 3.05) is 19.5 Å². The molecule has 34 heavy (non-hydrogen) atoms. The molecule has 180 valence electrons. The molecule has 1 atom stereocenters. The van der Waals surface area contributed by atoms with Gasteiger partial charge in [0.15, 0.2) is 0 Å². The minimum absolute atomic E-state index is 0.363. The summed E-state index contributed by atoms with van der Waals surface area (Å²) in [7, 11) is 2.89. The van der Waals surface area contributed by atoms with E-state index in [-0.39, 0.29) is 0 Å². The predicted octanol–water partition coefficient (Wildman–Crippen LogP) is 7.67. The molecule has 3 rings (SSSR count).